The molecule has 140 valence electrons. The van der Waals surface area contributed by atoms with E-state index in [1.807, 2.05) is 49.7 Å². The van der Waals surface area contributed by atoms with Crippen molar-refractivity contribution in [1.82, 2.24) is 19.9 Å². The molecule has 2 aliphatic rings. The van der Waals surface area contributed by atoms with Crippen LogP contribution in [0.2, 0.25) is 0 Å². The van der Waals surface area contributed by atoms with Crippen LogP contribution in [0.3, 0.4) is 0 Å². The molecule has 1 aromatic carbocycles. The Morgan fingerprint density at radius 1 is 1.11 bits per heavy atom. The summed E-state index contributed by atoms with van der Waals surface area (Å²) in [5.74, 6) is 2.62. The number of hydrogen-bond acceptors (Lipinski definition) is 7. The van der Waals surface area contributed by atoms with Gasteiger partial charge in [-0.2, -0.15) is 10.1 Å². The summed E-state index contributed by atoms with van der Waals surface area (Å²) in [7, 11) is 0. The molecule has 2 aliphatic heterocycles. The van der Waals surface area contributed by atoms with Crippen LogP contribution >= 0.6 is 0 Å². The van der Waals surface area contributed by atoms with Gasteiger partial charge in [-0.1, -0.05) is 32.0 Å². The first kappa shape index (κ1) is 16.3. The fourth-order valence-electron chi connectivity index (χ4n) is 3.18. The van der Waals surface area contributed by atoms with E-state index in [0.29, 0.717) is 30.6 Å². The van der Waals surface area contributed by atoms with Gasteiger partial charge in [0, 0.05) is 5.41 Å². The Hall–Kier alpha value is -2.87. The minimum absolute atomic E-state index is 0.104. The predicted octanol–water partition coefficient (Wildman–Crippen LogP) is 3.23. The fraction of sp³-hybridized carbons (Fsp3) is 0.421. The number of aromatic nitrogens is 4. The van der Waals surface area contributed by atoms with Gasteiger partial charge < -0.3 is 18.7 Å². The third-order valence-electron chi connectivity index (χ3n) is 4.72. The topological polar surface area (TPSA) is 84.4 Å². The Kier molecular flexibility index (Phi) is 3.51. The number of benzene rings is 1. The van der Waals surface area contributed by atoms with Crippen molar-refractivity contribution in [2.24, 2.45) is 0 Å². The Balaban J connectivity index is 1.40. The molecular weight excluding hydrogens is 348 g/mol. The van der Waals surface area contributed by atoms with Crippen LogP contribution in [-0.4, -0.2) is 26.7 Å². The maximum atomic E-state index is 6.04. The van der Waals surface area contributed by atoms with Crippen molar-refractivity contribution in [1.29, 1.82) is 0 Å². The first-order valence-corrected chi connectivity index (χ1v) is 8.90. The van der Waals surface area contributed by atoms with Crippen molar-refractivity contribution in [3.8, 4) is 23.1 Å². The van der Waals surface area contributed by atoms with Crippen LogP contribution in [0.4, 0.5) is 0 Å². The molecule has 0 saturated carbocycles. The summed E-state index contributed by atoms with van der Waals surface area (Å²) in [4.78, 5) is 4.49. The summed E-state index contributed by atoms with van der Waals surface area (Å²) in [6.45, 7) is 7.47. The van der Waals surface area contributed by atoms with E-state index in [1.165, 1.54) is 0 Å². The lowest BCUT2D eigenvalue weighted by Gasteiger charge is -2.24. The fourth-order valence-corrected chi connectivity index (χ4v) is 3.18. The van der Waals surface area contributed by atoms with Crippen molar-refractivity contribution in [2.75, 3.05) is 6.79 Å². The van der Waals surface area contributed by atoms with Gasteiger partial charge in [0.2, 0.25) is 6.79 Å². The second-order valence-electron chi connectivity index (χ2n) is 7.79. The van der Waals surface area contributed by atoms with E-state index in [4.69, 9.17) is 18.7 Å². The van der Waals surface area contributed by atoms with Crippen LogP contribution in [0, 0.1) is 0 Å². The normalized spacial score (nSPS) is 18.6. The van der Waals surface area contributed by atoms with Crippen LogP contribution in [0.25, 0.3) is 11.6 Å². The smallest absolute Gasteiger partial charge is 0.278 e. The Morgan fingerprint density at radius 2 is 1.96 bits per heavy atom. The van der Waals surface area contributed by atoms with Gasteiger partial charge in [0.05, 0.1) is 18.8 Å². The van der Waals surface area contributed by atoms with E-state index in [-0.39, 0.29) is 18.3 Å². The molecule has 0 aliphatic carbocycles. The molecule has 3 aromatic rings. The predicted molar refractivity (Wildman–Crippen MR) is 94.3 cm³/mol. The van der Waals surface area contributed by atoms with Crippen molar-refractivity contribution in [2.45, 2.75) is 45.4 Å². The third kappa shape index (κ3) is 2.86. The van der Waals surface area contributed by atoms with Crippen LogP contribution in [0.1, 0.15) is 44.0 Å². The maximum absolute atomic E-state index is 6.04. The Morgan fingerprint density at radius 3 is 2.78 bits per heavy atom. The number of hydrogen-bond donors (Lipinski definition) is 0. The number of rotatable bonds is 2. The zero-order valence-electron chi connectivity index (χ0n) is 15.4. The van der Waals surface area contributed by atoms with Crippen molar-refractivity contribution >= 4 is 0 Å². The standard InChI is InChI=1S/C19H20N4O4/c1-19(2,3)18-20-17(27-22-18)13-7-12-9-24-16(8-23(12)21-13)11-4-5-14-15(6-11)26-10-25-14/h4-7,16H,8-10H2,1-3H3/t16-/m1/s1. The van der Waals surface area contributed by atoms with E-state index in [2.05, 4.69) is 15.2 Å². The number of ether oxygens (including phenoxy) is 3. The van der Waals surface area contributed by atoms with Crippen molar-refractivity contribution < 1.29 is 18.7 Å². The van der Waals surface area contributed by atoms with E-state index in [0.717, 1.165) is 22.8 Å². The minimum atomic E-state index is -0.172. The van der Waals surface area contributed by atoms with Crippen molar-refractivity contribution in [3.05, 3.63) is 41.3 Å². The highest BCUT2D eigenvalue weighted by Crippen LogP contribution is 2.37. The van der Waals surface area contributed by atoms with Gasteiger partial charge >= 0.3 is 0 Å². The summed E-state index contributed by atoms with van der Waals surface area (Å²) < 4.78 is 24.2. The molecule has 1 atom stereocenters. The summed E-state index contributed by atoms with van der Waals surface area (Å²) in [5, 5.41) is 8.72. The average Bonchev–Trinajstić information content (AvgIpc) is 3.37. The molecule has 27 heavy (non-hydrogen) atoms. The Bertz CT molecular complexity index is 1000. The van der Waals surface area contributed by atoms with Crippen LogP contribution in [0.15, 0.2) is 28.8 Å². The van der Waals surface area contributed by atoms with E-state index < -0.39 is 0 Å². The summed E-state index contributed by atoms with van der Waals surface area (Å²) in [6, 6.07) is 7.82. The molecule has 5 rings (SSSR count). The van der Waals surface area contributed by atoms with Crippen LogP contribution in [-0.2, 0) is 23.3 Å². The quantitative estimate of drug-likeness (QED) is 0.686. The highest BCUT2D eigenvalue weighted by atomic mass is 16.7. The largest absolute Gasteiger partial charge is 0.454 e. The van der Waals surface area contributed by atoms with Gasteiger partial charge in [0.15, 0.2) is 23.0 Å². The van der Waals surface area contributed by atoms with Gasteiger partial charge in [0.25, 0.3) is 5.89 Å². The van der Waals surface area contributed by atoms with Gasteiger partial charge in [-0.3, -0.25) is 4.68 Å². The molecule has 0 spiro atoms. The van der Waals surface area contributed by atoms with Crippen LogP contribution < -0.4 is 9.47 Å². The number of fused-ring (bicyclic) bond motifs is 2. The minimum Gasteiger partial charge on any atom is -0.454 e. The van der Waals surface area contributed by atoms with Gasteiger partial charge in [0.1, 0.15) is 6.10 Å². The SMILES string of the molecule is CC(C)(C)c1noc(-c2cc3n(n2)C[C@H](c2ccc4c(c2)OCO4)OC3)n1. The zero-order valence-corrected chi connectivity index (χ0v) is 15.4. The lowest BCUT2D eigenvalue weighted by atomic mass is 9.96. The zero-order chi connectivity index (χ0) is 18.6. The van der Waals surface area contributed by atoms with E-state index in [1.54, 1.807) is 0 Å². The molecule has 0 radical (unpaired) electrons. The lowest BCUT2D eigenvalue weighted by molar-refractivity contribution is -0.00122. The molecule has 0 saturated heterocycles. The molecular formula is C19H20N4O4. The molecule has 8 nitrogen and oxygen atoms in total. The molecule has 0 bridgehead atoms. The van der Waals surface area contributed by atoms with E-state index >= 15 is 0 Å². The second-order valence-corrected chi connectivity index (χ2v) is 7.79. The van der Waals surface area contributed by atoms with Crippen molar-refractivity contribution in [3.63, 3.8) is 0 Å². The monoisotopic (exact) mass is 368 g/mol. The van der Waals surface area contributed by atoms with Crippen LogP contribution in [0.5, 0.6) is 11.5 Å². The summed E-state index contributed by atoms with van der Waals surface area (Å²) in [5.41, 5.74) is 2.52. The molecule has 4 heterocycles. The van der Waals surface area contributed by atoms with Gasteiger partial charge in [-0.25, -0.2) is 0 Å². The molecule has 2 aromatic heterocycles. The summed E-state index contributed by atoms with van der Waals surface area (Å²) in [6.07, 6.45) is -0.104. The molecule has 8 heteroatoms. The Labute approximate surface area is 156 Å². The number of nitrogens with zero attached hydrogens (tertiary/aromatic N) is 4. The third-order valence-corrected chi connectivity index (χ3v) is 4.72. The molecule has 0 N–H and O–H groups in total. The lowest BCUT2D eigenvalue weighted by Crippen LogP contribution is -2.21. The molecule has 0 amide bonds. The highest BCUT2D eigenvalue weighted by molar-refractivity contribution is 5.48. The average molecular weight is 368 g/mol. The molecule has 0 fully saturated rings. The molecule has 0 unspecified atom stereocenters. The first-order chi connectivity index (χ1) is 13.0. The first-order valence-electron chi connectivity index (χ1n) is 8.90. The van der Waals surface area contributed by atoms with Gasteiger partial charge in [-0.05, 0) is 23.8 Å². The maximum Gasteiger partial charge on any atom is 0.278 e. The summed E-state index contributed by atoms with van der Waals surface area (Å²) >= 11 is 0. The highest BCUT2D eigenvalue weighted by Gasteiger charge is 2.27. The van der Waals surface area contributed by atoms with E-state index in [9.17, 15) is 0 Å². The van der Waals surface area contributed by atoms with Gasteiger partial charge in [-0.15, -0.1) is 0 Å². The second kappa shape index (κ2) is 5.82.